The number of aromatic amines is 1. The second-order valence-electron chi connectivity index (χ2n) is 6.98. The summed E-state index contributed by atoms with van der Waals surface area (Å²) in [6, 6.07) is 18.3. The minimum absolute atomic E-state index is 0.00601. The maximum atomic E-state index is 13.0. The van der Waals surface area contributed by atoms with Crippen molar-refractivity contribution in [1.29, 1.82) is 0 Å². The van der Waals surface area contributed by atoms with Gasteiger partial charge in [0.25, 0.3) is 0 Å². The van der Waals surface area contributed by atoms with Crippen LogP contribution in [0, 0.1) is 0 Å². The van der Waals surface area contributed by atoms with E-state index in [-0.39, 0.29) is 17.1 Å². The van der Waals surface area contributed by atoms with Gasteiger partial charge in [0.15, 0.2) is 0 Å². The number of carbonyl (C=O) groups excluding carboxylic acids is 1. The van der Waals surface area contributed by atoms with Gasteiger partial charge in [0, 0.05) is 16.5 Å². The van der Waals surface area contributed by atoms with Crippen molar-refractivity contribution in [2.45, 2.75) is 19.8 Å². The maximum Gasteiger partial charge on any atom is 0.339 e. The molecule has 0 saturated heterocycles. The summed E-state index contributed by atoms with van der Waals surface area (Å²) in [4.78, 5) is 27.9. The monoisotopic (exact) mass is 387 g/mol. The van der Waals surface area contributed by atoms with Gasteiger partial charge < -0.3 is 14.8 Å². The van der Waals surface area contributed by atoms with Crippen LogP contribution in [0.15, 0.2) is 60.7 Å². The van der Waals surface area contributed by atoms with E-state index in [0.717, 1.165) is 34.5 Å². The van der Waals surface area contributed by atoms with E-state index in [1.807, 2.05) is 49.4 Å². The Bertz CT molecular complexity index is 1220. The number of nitrogens with one attached hydrogen (secondary N) is 1. The number of hydrogen-bond acceptors (Lipinski definition) is 3. The Labute approximate surface area is 167 Å². The number of unbranched alkanes of at least 4 members (excludes halogenated alkanes) is 1. The zero-order valence-electron chi connectivity index (χ0n) is 16.1. The van der Waals surface area contributed by atoms with Crippen molar-refractivity contribution >= 4 is 33.4 Å². The number of ketones is 1. The van der Waals surface area contributed by atoms with Crippen LogP contribution in [-0.2, 0) is 0 Å². The van der Waals surface area contributed by atoms with Gasteiger partial charge in [0.1, 0.15) is 11.3 Å². The van der Waals surface area contributed by atoms with E-state index < -0.39 is 5.97 Å². The quantitative estimate of drug-likeness (QED) is 0.327. The molecule has 0 radical (unpaired) electrons. The van der Waals surface area contributed by atoms with Crippen LogP contribution in [0.5, 0.6) is 5.75 Å². The first kappa shape index (κ1) is 18.7. The van der Waals surface area contributed by atoms with Gasteiger partial charge >= 0.3 is 5.97 Å². The molecule has 4 rings (SSSR count). The molecule has 0 bridgehead atoms. The molecule has 3 aromatic carbocycles. The third-order valence-electron chi connectivity index (χ3n) is 5.00. The molecule has 0 aliphatic heterocycles. The van der Waals surface area contributed by atoms with Crippen molar-refractivity contribution in [2.75, 3.05) is 6.61 Å². The van der Waals surface area contributed by atoms with Crippen molar-refractivity contribution < 1.29 is 19.4 Å². The van der Waals surface area contributed by atoms with Crippen molar-refractivity contribution in [3.63, 3.8) is 0 Å². The minimum Gasteiger partial charge on any atom is -0.493 e. The molecule has 0 fully saturated rings. The molecule has 0 spiro atoms. The van der Waals surface area contributed by atoms with E-state index in [9.17, 15) is 14.7 Å². The third-order valence-corrected chi connectivity index (χ3v) is 5.00. The number of carbonyl (C=O) groups is 2. The zero-order valence-corrected chi connectivity index (χ0v) is 16.1. The molecule has 0 amide bonds. The van der Waals surface area contributed by atoms with Crippen LogP contribution in [0.25, 0.3) is 21.7 Å². The highest BCUT2D eigenvalue weighted by molar-refractivity contribution is 6.14. The van der Waals surface area contributed by atoms with E-state index in [4.69, 9.17) is 4.74 Å². The van der Waals surface area contributed by atoms with Gasteiger partial charge in [-0.1, -0.05) is 43.7 Å². The first-order chi connectivity index (χ1) is 14.1. The predicted octanol–water partition coefficient (Wildman–Crippen LogP) is 5.43. The SMILES string of the molecule is CCCCOc1ccc(C(=O)c2cc3c(ccc4ccccc43)[nH]2)cc1C(=O)O. The van der Waals surface area contributed by atoms with Crippen LogP contribution >= 0.6 is 0 Å². The standard InChI is InChI=1S/C24H21NO4/c1-2-3-12-29-22-11-9-16(13-19(22)24(27)28)23(26)21-14-18-17-7-5-4-6-15(17)8-10-20(18)25-21/h4-11,13-14,25H,2-3,12H2,1H3,(H,27,28). The van der Waals surface area contributed by atoms with Gasteiger partial charge in [0.2, 0.25) is 5.78 Å². The van der Waals surface area contributed by atoms with Crippen molar-refractivity contribution in [3.8, 4) is 5.75 Å². The van der Waals surface area contributed by atoms with Gasteiger partial charge in [-0.05, 0) is 47.5 Å². The number of ether oxygens (including phenoxy) is 1. The van der Waals surface area contributed by atoms with E-state index in [2.05, 4.69) is 4.98 Å². The Kier molecular flexibility index (Phi) is 5.04. The molecule has 1 aromatic heterocycles. The summed E-state index contributed by atoms with van der Waals surface area (Å²) >= 11 is 0. The van der Waals surface area contributed by atoms with E-state index in [0.29, 0.717) is 17.9 Å². The Morgan fingerprint density at radius 2 is 1.83 bits per heavy atom. The van der Waals surface area contributed by atoms with Gasteiger partial charge in [-0.25, -0.2) is 4.79 Å². The number of rotatable bonds is 7. The normalized spacial score (nSPS) is 11.1. The molecule has 5 heteroatoms. The number of carboxylic acids is 1. The molecule has 0 saturated carbocycles. The van der Waals surface area contributed by atoms with Gasteiger partial charge in [-0.2, -0.15) is 0 Å². The molecule has 4 aromatic rings. The van der Waals surface area contributed by atoms with Crippen molar-refractivity contribution in [3.05, 3.63) is 77.5 Å². The van der Waals surface area contributed by atoms with E-state index in [1.54, 1.807) is 12.1 Å². The molecular weight excluding hydrogens is 366 g/mol. The summed E-state index contributed by atoms with van der Waals surface area (Å²) in [7, 11) is 0. The highest BCUT2D eigenvalue weighted by Crippen LogP contribution is 2.28. The van der Waals surface area contributed by atoms with Crippen molar-refractivity contribution in [2.24, 2.45) is 0 Å². The lowest BCUT2D eigenvalue weighted by molar-refractivity contribution is 0.0692. The van der Waals surface area contributed by atoms with Crippen LogP contribution < -0.4 is 4.74 Å². The molecule has 5 nitrogen and oxygen atoms in total. The van der Waals surface area contributed by atoms with Crippen molar-refractivity contribution in [1.82, 2.24) is 4.98 Å². The fourth-order valence-electron chi connectivity index (χ4n) is 3.45. The van der Waals surface area contributed by atoms with Gasteiger partial charge in [0.05, 0.1) is 12.3 Å². The number of fused-ring (bicyclic) bond motifs is 3. The summed E-state index contributed by atoms with van der Waals surface area (Å²) in [5.41, 5.74) is 1.59. The van der Waals surface area contributed by atoms with Crippen LogP contribution in [-0.4, -0.2) is 28.4 Å². The van der Waals surface area contributed by atoms with Gasteiger partial charge in [-0.15, -0.1) is 0 Å². The van der Waals surface area contributed by atoms with Crippen LogP contribution in [0.1, 0.15) is 46.2 Å². The number of H-pyrrole nitrogens is 1. The molecule has 0 unspecified atom stereocenters. The average molecular weight is 387 g/mol. The topological polar surface area (TPSA) is 79.4 Å². The molecule has 1 heterocycles. The molecule has 0 aliphatic carbocycles. The second kappa shape index (κ2) is 7.80. The Morgan fingerprint density at radius 3 is 2.62 bits per heavy atom. The minimum atomic E-state index is -1.12. The predicted molar refractivity (Wildman–Crippen MR) is 113 cm³/mol. The summed E-state index contributed by atoms with van der Waals surface area (Å²) in [5.74, 6) is -1.09. The fraction of sp³-hybridized carbons (Fsp3) is 0.167. The van der Waals surface area contributed by atoms with Crippen LogP contribution in [0.3, 0.4) is 0 Å². The number of aromatic nitrogens is 1. The highest BCUT2D eigenvalue weighted by atomic mass is 16.5. The molecule has 2 N–H and O–H groups in total. The smallest absolute Gasteiger partial charge is 0.339 e. The third kappa shape index (κ3) is 3.59. The highest BCUT2D eigenvalue weighted by Gasteiger charge is 2.18. The first-order valence-electron chi connectivity index (χ1n) is 9.64. The lowest BCUT2D eigenvalue weighted by atomic mass is 10.0. The summed E-state index contributed by atoms with van der Waals surface area (Å²) in [5, 5.41) is 12.7. The second-order valence-corrected chi connectivity index (χ2v) is 6.98. The molecule has 146 valence electrons. The summed E-state index contributed by atoms with van der Waals surface area (Å²) in [6.07, 6.45) is 1.79. The zero-order chi connectivity index (χ0) is 20.4. The largest absolute Gasteiger partial charge is 0.493 e. The Balaban J connectivity index is 1.71. The fourth-order valence-corrected chi connectivity index (χ4v) is 3.45. The lowest BCUT2D eigenvalue weighted by Crippen LogP contribution is -2.08. The maximum absolute atomic E-state index is 13.0. The van der Waals surface area contributed by atoms with Crippen LogP contribution in [0.2, 0.25) is 0 Å². The number of aromatic carboxylic acids is 1. The summed E-state index contributed by atoms with van der Waals surface area (Å²) < 4.78 is 5.58. The Hall–Kier alpha value is -3.60. The van der Waals surface area contributed by atoms with Crippen LogP contribution in [0.4, 0.5) is 0 Å². The molecule has 0 aliphatic rings. The molecule has 29 heavy (non-hydrogen) atoms. The number of benzene rings is 3. The number of hydrogen-bond donors (Lipinski definition) is 2. The van der Waals surface area contributed by atoms with Gasteiger partial charge in [-0.3, -0.25) is 4.79 Å². The summed E-state index contributed by atoms with van der Waals surface area (Å²) in [6.45, 7) is 2.48. The van der Waals surface area contributed by atoms with E-state index in [1.165, 1.54) is 6.07 Å². The average Bonchev–Trinajstić information content (AvgIpc) is 3.18. The molecule has 0 atom stereocenters. The Morgan fingerprint density at radius 1 is 1.00 bits per heavy atom. The first-order valence-corrected chi connectivity index (χ1v) is 9.64. The number of carboxylic acid groups (broad SMARTS) is 1. The van der Waals surface area contributed by atoms with E-state index >= 15 is 0 Å². The lowest BCUT2D eigenvalue weighted by Gasteiger charge is -2.10. The molecular formula is C24H21NO4.